The van der Waals surface area contributed by atoms with E-state index in [4.69, 9.17) is 11.6 Å². The third kappa shape index (κ3) is 5.03. The van der Waals surface area contributed by atoms with Gasteiger partial charge in [0.05, 0.1) is 10.7 Å². The van der Waals surface area contributed by atoms with Gasteiger partial charge in [0, 0.05) is 18.3 Å². The van der Waals surface area contributed by atoms with Crippen LogP contribution in [0.3, 0.4) is 0 Å². The van der Waals surface area contributed by atoms with Gasteiger partial charge in [0.15, 0.2) is 0 Å². The monoisotopic (exact) mass is 331 g/mol. The van der Waals surface area contributed by atoms with Crippen LogP contribution >= 0.6 is 11.6 Å². The van der Waals surface area contributed by atoms with Crippen molar-refractivity contribution < 1.29 is 4.79 Å². The van der Waals surface area contributed by atoms with Crippen molar-refractivity contribution in [2.24, 2.45) is 4.99 Å². The molecule has 1 aromatic carbocycles. The van der Waals surface area contributed by atoms with Gasteiger partial charge in [0.1, 0.15) is 0 Å². The van der Waals surface area contributed by atoms with Gasteiger partial charge in [-0.15, -0.1) is 0 Å². The number of nitrogens with zero attached hydrogens (tertiary/aromatic N) is 3. The summed E-state index contributed by atoms with van der Waals surface area (Å²) in [6.45, 7) is 7.06. The van der Waals surface area contributed by atoms with E-state index in [-0.39, 0.29) is 17.8 Å². The zero-order valence-electron chi connectivity index (χ0n) is 13.4. The maximum atomic E-state index is 11.4. The second-order valence-electron chi connectivity index (χ2n) is 5.20. The Hall–Kier alpha value is -2.47. The lowest BCUT2D eigenvalue weighted by molar-refractivity contribution is -0.117. The van der Waals surface area contributed by atoms with Gasteiger partial charge >= 0.3 is 0 Å². The Bertz CT molecular complexity index is 753. The number of guanidine groups is 1. The summed E-state index contributed by atoms with van der Waals surface area (Å²) in [5.41, 5.74) is 3.27. The van der Waals surface area contributed by atoms with Crippen LogP contribution in [0.4, 0.5) is 11.6 Å². The van der Waals surface area contributed by atoms with Crippen LogP contribution in [0.1, 0.15) is 23.9 Å². The highest BCUT2D eigenvalue weighted by Gasteiger charge is 2.08. The molecule has 0 atom stereocenters. The van der Waals surface area contributed by atoms with Gasteiger partial charge in [-0.25, -0.2) is 9.97 Å². The van der Waals surface area contributed by atoms with E-state index in [0.717, 1.165) is 17.0 Å². The fraction of sp³-hybridized carbons (Fsp3) is 0.250. The number of aryl methyl sites for hydroxylation is 3. The lowest BCUT2D eigenvalue weighted by atomic mass is 10.2. The summed E-state index contributed by atoms with van der Waals surface area (Å²) in [5.74, 6) is 0.221. The minimum Gasteiger partial charge on any atom is -0.324 e. The Morgan fingerprint density at radius 2 is 1.78 bits per heavy atom. The zero-order valence-corrected chi connectivity index (χ0v) is 14.2. The van der Waals surface area contributed by atoms with Crippen molar-refractivity contribution in [3.05, 3.63) is 46.2 Å². The molecule has 1 aromatic heterocycles. The van der Waals surface area contributed by atoms with Crippen molar-refractivity contribution >= 4 is 35.1 Å². The van der Waals surface area contributed by atoms with Gasteiger partial charge in [-0.05, 0) is 44.5 Å². The molecule has 23 heavy (non-hydrogen) atoms. The normalized spacial score (nSPS) is 11.3. The van der Waals surface area contributed by atoms with Crippen molar-refractivity contribution in [3.8, 4) is 0 Å². The molecule has 6 nitrogen and oxygen atoms in total. The standard InChI is InChI=1S/C16H18ClN5O/c1-9-5-6-14(13(17)7-9)21-16(20-12(4)23)22-15-18-10(2)8-11(3)19-15/h5-8H,1-4H3,(H2,18,19,20,21,22,23). The summed E-state index contributed by atoms with van der Waals surface area (Å²) in [6, 6.07) is 7.40. The summed E-state index contributed by atoms with van der Waals surface area (Å²) in [5, 5.41) is 6.15. The van der Waals surface area contributed by atoms with Crippen molar-refractivity contribution in [2.45, 2.75) is 27.7 Å². The van der Waals surface area contributed by atoms with Crippen LogP contribution in [0.5, 0.6) is 0 Å². The Morgan fingerprint density at radius 3 is 2.35 bits per heavy atom. The number of aromatic nitrogens is 2. The molecule has 0 radical (unpaired) electrons. The second-order valence-corrected chi connectivity index (χ2v) is 5.61. The molecule has 2 rings (SSSR count). The molecule has 0 bridgehead atoms. The first kappa shape index (κ1) is 16.9. The first-order chi connectivity index (χ1) is 10.8. The van der Waals surface area contributed by atoms with Gasteiger partial charge in [-0.2, -0.15) is 4.99 Å². The minimum absolute atomic E-state index is 0.216. The Kier molecular flexibility index (Phi) is 5.28. The van der Waals surface area contributed by atoms with Crippen LogP contribution < -0.4 is 10.6 Å². The summed E-state index contributed by atoms with van der Waals surface area (Å²) >= 11 is 6.20. The number of nitrogens with one attached hydrogen (secondary N) is 2. The topological polar surface area (TPSA) is 79.3 Å². The molecule has 120 valence electrons. The van der Waals surface area contributed by atoms with Gasteiger partial charge in [0.2, 0.25) is 11.9 Å². The van der Waals surface area contributed by atoms with Crippen LogP contribution in [0.2, 0.25) is 5.02 Å². The van der Waals surface area contributed by atoms with Crippen LogP contribution in [-0.4, -0.2) is 21.8 Å². The maximum Gasteiger partial charge on any atom is 0.253 e. The summed E-state index contributed by atoms with van der Waals surface area (Å²) in [4.78, 5) is 24.1. The molecule has 0 spiro atoms. The number of hydrogen-bond donors (Lipinski definition) is 2. The van der Waals surface area contributed by atoms with Crippen LogP contribution in [0.15, 0.2) is 29.3 Å². The third-order valence-electron chi connectivity index (χ3n) is 2.85. The van der Waals surface area contributed by atoms with Gasteiger partial charge in [0.25, 0.3) is 5.95 Å². The Labute approximate surface area is 140 Å². The summed E-state index contributed by atoms with van der Waals surface area (Å²) < 4.78 is 0. The first-order valence-electron chi connectivity index (χ1n) is 7.05. The largest absolute Gasteiger partial charge is 0.324 e. The summed E-state index contributed by atoms with van der Waals surface area (Å²) in [6.07, 6.45) is 0. The van der Waals surface area contributed by atoms with Crippen LogP contribution in [0, 0.1) is 20.8 Å². The van der Waals surface area contributed by atoms with E-state index in [9.17, 15) is 4.79 Å². The third-order valence-corrected chi connectivity index (χ3v) is 3.17. The highest BCUT2D eigenvalue weighted by Crippen LogP contribution is 2.22. The average molecular weight is 332 g/mol. The van der Waals surface area contributed by atoms with E-state index in [2.05, 4.69) is 25.6 Å². The van der Waals surface area contributed by atoms with E-state index in [0.29, 0.717) is 10.7 Å². The molecule has 0 aliphatic carbocycles. The molecule has 1 amide bonds. The molecule has 1 heterocycles. The van der Waals surface area contributed by atoms with Gasteiger partial charge in [-0.3, -0.25) is 10.1 Å². The van der Waals surface area contributed by atoms with Gasteiger partial charge < -0.3 is 5.32 Å². The van der Waals surface area contributed by atoms with Crippen LogP contribution in [-0.2, 0) is 4.79 Å². The van der Waals surface area contributed by atoms with E-state index in [1.54, 1.807) is 0 Å². The molecule has 0 aliphatic heterocycles. The molecule has 0 fully saturated rings. The predicted molar refractivity (Wildman–Crippen MR) is 92.2 cm³/mol. The van der Waals surface area contributed by atoms with Gasteiger partial charge in [-0.1, -0.05) is 17.7 Å². The average Bonchev–Trinajstić information content (AvgIpc) is 2.40. The highest BCUT2D eigenvalue weighted by molar-refractivity contribution is 6.33. The Morgan fingerprint density at radius 1 is 1.13 bits per heavy atom. The lowest BCUT2D eigenvalue weighted by Crippen LogP contribution is -2.34. The SMILES string of the molecule is CC(=O)N/C(=N\c1nc(C)cc(C)n1)Nc1ccc(C)cc1Cl. The molecular formula is C16H18ClN5O. The number of halogens is 1. The number of carbonyl (C=O) groups excluding carboxylic acids is 1. The van der Waals surface area contributed by atoms with Crippen molar-refractivity contribution in [3.63, 3.8) is 0 Å². The lowest BCUT2D eigenvalue weighted by Gasteiger charge is -2.12. The second kappa shape index (κ2) is 7.19. The van der Waals surface area contributed by atoms with Crippen molar-refractivity contribution in [1.29, 1.82) is 0 Å². The molecule has 0 saturated heterocycles. The quantitative estimate of drug-likeness (QED) is 0.653. The molecular weight excluding hydrogens is 314 g/mol. The number of rotatable bonds is 2. The molecule has 0 saturated carbocycles. The van der Waals surface area contributed by atoms with Crippen LogP contribution in [0.25, 0.3) is 0 Å². The smallest absolute Gasteiger partial charge is 0.253 e. The van der Waals surface area contributed by atoms with E-state index in [1.807, 2.05) is 45.0 Å². The molecule has 2 N–H and O–H groups in total. The predicted octanol–water partition coefficient (Wildman–Crippen LogP) is 3.29. The number of amides is 1. The molecule has 0 aliphatic rings. The van der Waals surface area contributed by atoms with E-state index >= 15 is 0 Å². The minimum atomic E-state index is -0.260. The molecule has 0 unspecified atom stereocenters. The first-order valence-corrected chi connectivity index (χ1v) is 7.43. The fourth-order valence-electron chi connectivity index (χ4n) is 1.96. The fourth-order valence-corrected chi connectivity index (χ4v) is 2.24. The maximum absolute atomic E-state index is 11.4. The number of aliphatic imine (C=N–C) groups is 1. The van der Waals surface area contributed by atoms with Crippen molar-refractivity contribution in [1.82, 2.24) is 15.3 Å². The van der Waals surface area contributed by atoms with E-state index in [1.165, 1.54) is 6.92 Å². The number of hydrogen-bond acceptors (Lipinski definition) is 4. The number of anilines is 1. The summed E-state index contributed by atoms with van der Waals surface area (Å²) in [7, 11) is 0. The number of carbonyl (C=O) groups is 1. The van der Waals surface area contributed by atoms with Crippen molar-refractivity contribution in [2.75, 3.05) is 5.32 Å². The molecule has 2 aromatic rings. The molecule has 7 heteroatoms. The van der Waals surface area contributed by atoms with E-state index < -0.39 is 0 Å². The highest BCUT2D eigenvalue weighted by atomic mass is 35.5. The number of benzene rings is 1. The zero-order chi connectivity index (χ0) is 17.0. The Balaban J connectivity index is 2.36.